The Morgan fingerprint density at radius 1 is 1.00 bits per heavy atom. The van der Waals surface area contributed by atoms with E-state index in [0.29, 0.717) is 5.56 Å². The van der Waals surface area contributed by atoms with E-state index in [1.807, 2.05) is 24.3 Å². The summed E-state index contributed by atoms with van der Waals surface area (Å²) in [6, 6.07) is 9.61. The summed E-state index contributed by atoms with van der Waals surface area (Å²) in [5.74, 6) is -2.63. The standard InChI is InChI=1S/C25H28BrF2N3O4/c1-24(2,3)35-23(33)31-13-16-11-30(22(32)29-21-9-19(27)8-20(28)10-21)12-17(14-31)25(16,34)15-4-6-18(26)7-5-15/h4-10,16-17,34H,11-14H2,1-3H3,(H,29,32). The number of carbonyl (C=O) groups excluding carboxylic acids is 2. The number of likely N-dealkylation sites (tertiary alicyclic amines) is 2. The van der Waals surface area contributed by atoms with E-state index < -0.39 is 46.8 Å². The molecule has 4 rings (SSSR count). The summed E-state index contributed by atoms with van der Waals surface area (Å²) in [6.45, 7) is 5.98. The van der Waals surface area contributed by atoms with Crippen molar-refractivity contribution in [2.45, 2.75) is 32.0 Å². The zero-order valence-electron chi connectivity index (χ0n) is 19.7. The van der Waals surface area contributed by atoms with Gasteiger partial charge in [0.1, 0.15) is 22.8 Å². The van der Waals surface area contributed by atoms with Crippen molar-refractivity contribution in [3.8, 4) is 0 Å². The molecular weight excluding hydrogens is 524 g/mol. The number of anilines is 1. The number of carbonyl (C=O) groups is 2. The molecule has 2 aromatic rings. The van der Waals surface area contributed by atoms with Crippen LogP contribution in [-0.2, 0) is 10.3 Å². The smallest absolute Gasteiger partial charge is 0.410 e. The Kier molecular flexibility index (Phi) is 6.80. The number of halogens is 3. The van der Waals surface area contributed by atoms with Crippen LogP contribution in [0.2, 0.25) is 0 Å². The van der Waals surface area contributed by atoms with Crippen LogP contribution in [0.25, 0.3) is 0 Å². The number of ether oxygens (including phenoxy) is 1. The van der Waals surface area contributed by atoms with Gasteiger partial charge in [-0.2, -0.15) is 0 Å². The molecule has 7 nitrogen and oxygen atoms in total. The van der Waals surface area contributed by atoms with Crippen LogP contribution < -0.4 is 5.32 Å². The molecule has 10 heteroatoms. The van der Waals surface area contributed by atoms with E-state index in [1.165, 1.54) is 4.90 Å². The van der Waals surface area contributed by atoms with Gasteiger partial charge >= 0.3 is 12.1 Å². The number of amides is 3. The van der Waals surface area contributed by atoms with Gasteiger partial charge in [0.05, 0.1) is 0 Å². The number of aliphatic hydroxyl groups is 1. The van der Waals surface area contributed by atoms with Crippen LogP contribution in [0.15, 0.2) is 46.9 Å². The van der Waals surface area contributed by atoms with Gasteiger partial charge in [0.25, 0.3) is 0 Å². The van der Waals surface area contributed by atoms with E-state index in [4.69, 9.17) is 4.74 Å². The van der Waals surface area contributed by atoms with Crippen molar-refractivity contribution >= 4 is 33.7 Å². The fourth-order valence-electron chi connectivity index (χ4n) is 4.88. The third-order valence-electron chi connectivity index (χ3n) is 6.37. The first kappa shape index (κ1) is 25.4. The Hall–Kier alpha value is -2.72. The normalized spacial score (nSPS) is 24.2. The number of hydrogen-bond donors (Lipinski definition) is 2. The predicted molar refractivity (Wildman–Crippen MR) is 130 cm³/mol. The number of nitrogens with one attached hydrogen (secondary N) is 1. The van der Waals surface area contributed by atoms with Gasteiger partial charge < -0.3 is 25.0 Å². The van der Waals surface area contributed by atoms with Crippen LogP contribution in [0.3, 0.4) is 0 Å². The minimum Gasteiger partial charge on any atom is -0.444 e. The molecule has 0 aromatic heterocycles. The second kappa shape index (κ2) is 9.39. The van der Waals surface area contributed by atoms with Gasteiger partial charge in [-0.1, -0.05) is 28.1 Å². The predicted octanol–water partition coefficient (Wildman–Crippen LogP) is 4.95. The molecule has 2 saturated heterocycles. The molecule has 2 bridgehead atoms. The molecule has 0 spiro atoms. The lowest BCUT2D eigenvalue weighted by molar-refractivity contribution is -0.154. The minimum absolute atomic E-state index is 0.00165. The van der Waals surface area contributed by atoms with E-state index in [0.717, 1.165) is 22.7 Å². The van der Waals surface area contributed by atoms with Crippen molar-refractivity contribution in [2.24, 2.45) is 11.8 Å². The van der Waals surface area contributed by atoms with Crippen molar-refractivity contribution < 1.29 is 28.2 Å². The molecule has 2 aromatic carbocycles. The fourth-order valence-corrected chi connectivity index (χ4v) is 5.14. The minimum atomic E-state index is -1.28. The lowest BCUT2D eigenvalue weighted by Crippen LogP contribution is -2.67. The number of piperidine rings is 2. The number of hydrogen-bond acceptors (Lipinski definition) is 4. The van der Waals surface area contributed by atoms with Gasteiger partial charge in [-0.05, 0) is 50.6 Å². The van der Waals surface area contributed by atoms with Crippen molar-refractivity contribution in [2.75, 3.05) is 31.5 Å². The van der Waals surface area contributed by atoms with Crippen molar-refractivity contribution in [3.05, 3.63) is 64.1 Å². The fraction of sp³-hybridized carbons (Fsp3) is 0.440. The average molecular weight is 552 g/mol. The first-order valence-electron chi connectivity index (χ1n) is 11.3. The molecule has 0 radical (unpaired) electrons. The highest BCUT2D eigenvalue weighted by Gasteiger charge is 2.55. The Morgan fingerprint density at radius 2 is 1.51 bits per heavy atom. The molecular formula is C25H28BrF2N3O4. The summed E-state index contributed by atoms with van der Waals surface area (Å²) in [4.78, 5) is 28.9. The Bertz CT molecular complexity index is 1090. The molecule has 3 amide bonds. The molecule has 2 aliphatic heterocycles. The van der Waals surface area contributed by atoms with Crippen LogP contribution >= 0.6 is 15.9 Å². The van der Waals surface area contributed by atoms with Gasteiger partial charge in [0, 0.05) is 54.2 Å². The molecule has 2 unspecified atom stereocenters. The lowest BCUT2D eigenvalue weighted by atomic mass is 9.66. The van der Waals surface area contributed by atoms with E-state index in [2.05, 4.69) is 21.2 Å². The molecule has 188 valence electrons. The van der Waals surface area contributed by atoms with Crippen molar-refractivity contribution in [1.29, 1.82) is 0 Å². The number of urea groups is 1. The number of rotatable bonds is 2. The van der Waals surface area contributed by atoms with E-state index in [-0.39, 0.29) is 31.9 Å². The zero-order chi connectivity index (χ0) is 25.5. The third kappa shape index (κ3) is 5.43. The maximum atomic E-state index is 13.6. The summed E-state index contributed by atoms with van der Waals surface area (Å²) in [7, 11) is 0. The molecule has 35 heavy (non-hydrogen) atoms. The zero-order valence-corrected chi connectivity index (χ0v) is 21.3. The third-order valence-corrected chi connectivity index (χ3v) is 6.90. The maximum Gasteiger partial charge on any atom is 0.410 e. The maximum absolute atomic E-state index is 13.6. The van der Waals surface area contributed by atoms with E-state index in [1.54, 1.807) is 25.7 Å². The van der Waals surface area contributed by atoms with Crippen LogP contribution in [-0.4, -0.2) is 58.8 Å². The van der Waals surface area contributed by atoms with Crippen molar-refractivity contribution in [1.82, 2.24) is 9.80 Å². The lowest BCUT2D eigenvalue weighted by Gasteiger charge is -2.55. The SMILES string of the molecule is CC(C)(C)OC(=O)N1CC2CN(C(=O)Nc3cc(F)cc(F)c3)CC(C1)C2(O)c1ccc(Br)cc1. The Morgan fingerprint density at radius 3 is 2.03 bits per heavy atom. The summed E-state index contributed by atoms with van der Waals surface area (Å²) in [6.07, 6.45) is -0.474. The molecule has 2 atom stereocenters. The molecule has 2 heterocycles. The highest BCUT2D eigenvalue weighted by Crippen LogP contribution is 2.46. The van der Waals surface area contributed by atoms with Gasteiger partial charge in [0.2, 0.25) is 0 Å². The number of benzene rings is 2. The Labute approximate surface area is 211 Å². The molecule has 0 saturated carbocycles. The summed E-state index contributed by atoms with van der Waals surface area (Å²) in [5.41, 5.74) is -1.24. The van der Waals surface area contributed by atoms with E-state index in [9.17, 15) is 23.5 Å². The number of fused-ring (bicyclic) bond motifs is 2. The van der Waals surface area contributed by atoms with Gasteiger partial charge in [0.15, 0.2) is 0 Å². The average Bonchev–Trinajstić information content (AvgIpc) is 2.71. The molecule has 2 fully saturated rings. The van der Waals surface area contributed by atoms with Crippen LogP contribution in [0.5, 0.6) is 0 Å². The van der Waals surface area contributed by atoms with Gasteiger partial charge in [-0.25, -0.2) is 18.4 Å². The monoisotopic (exact) mass is 551 g/mol. The quantitative estimate of drug-likeness (QED) is 0.553. The first-order valence-corrected chi connectivity index (χ1v) is 12.1. The van der Waals surface area contributed by atoms with Crippen molar-refractivity contribution in [3.63, 3.8) is 0 Å². The van der Waals surface area contributed by atoms with Gasteiger partial charge in [-0.3, -0.25) is 0 Å². The highest BCUT2D eigenvalue weighted by atomic mass is 79.9. The number of nitrogens with zero attached hydrogens (tertiary/aromatic N) is 2. The Balaban J connectivity index is 1.59. The first-order chi connectivity index (χ1) is 16.3. The highest BCUT2D eigenvalue weighted by molar-refractivity contribution is 9.10. The van der Waals surface area contributed by atoms with Crippen LogP contribution in [0.1, 0.15) is 26.3 Å². The topological polar surface area (TPSA) is 82.1 Å². The van der Waals surface area contributed by atoms with Gasteiger partial charge in [-0.15, -0.1) is 0 Å². The summed E-state index contributed by atoms with van der Waals surface area (Å²) >= 11 is 3.41. The van der Waals surface area contributed by atoms with E-state index >= 15 is 0 Å². The second-order valence-electron chi connectivity index (χ2n) is 10.1. The molecule has 2 aliphatic rings. The molecule has 0 aliphatic carbocycles. The second-order valence-corrected chi connectivity index (χ2v) is 11.0. The summed E-state index contributed by atoms with van der Waals surface area (Å²) in [5, 5.41) is 14.5. The largest absolute Gasteiger partial charge is 0.444 e. The van der Waals surface area contributed by atoms with Crippen LogP contribution in [0.4, 0.5) is 24.1 Å². The summed E-state index contributed by atoms with van der Waals surface area (Å²) < 4.78 is 33.6. The molecule has 2 N–H and O–H groups in total. The van der Waals surface area contributed by atoms with Crippen LogP contribution in [0, 0.1) is 23.5 Å².